The van der Waals surface area contributed by atoms with Gasteiger partial charge in [0.25, 0.3) is 0 Å². The number of benzene rings is 1. The zero-order valence-corrected chi connectivity index (χ0v) is 19.8. The monoisotopic (exact) mass is 434 g/mol. The molecule has 1 aromatic heterocycles. The van der Waals surface area contributed by atoms with Crippen molar-refractivity contribution in [1.82, 2.24) is 20.2 Å². The maximum absolute atomic E-state index is 12.6. The highest BCUT2D eigenvalue weighted by molar-refractivity contribution is 5.79. The second-order valence-electron chi connectivity index (χ2n) is 9.69. The first-order valence-corrected chi connectivity index (χ1v) is 12.5. The Bertz CT molecular complexity index is 869. The van der Waals surface area contributed by atoms with Crippen LogP contribution in [-0.4, -0.2) is 46.5 Å². The van der Waals surface area contributed by atoms with E-state index in [0.717, 1.165) is 68.1 Å². The molecule has 4 rings (SSSR count). The molecule has 2 aliphatic rings. The number of rotatable bonds is 7. The van der Waals surface area contributed by atoms with E-state index >= 15 is 0 Å². The molecule has 2 fully saturated rings. The van der Waals surface area contributed by atoms with Crippen LogP contribution in [-0.2, 0) is 17.6 Å². The highest BCUT2D eigenvalue weighted by atomic mass is 16.1. The summed E-state index contributed by atoms with van der Waals surface area (Å²) in [6.07, 6.45) is 9.78. The number of carbonyl (C=O) groups is 1. The van der Waals surface area contributed by atoms with Crippen molar-refractivity contribution in [2.45, 2.75) is 83.6 Å². The second kappa shape index (κ2) is 11.0. The average Bonchev–Trinajstić information content (AvgIpc) is 2.81. The molecule has 5 heteroatoms. The summed E-state index contributed by atoms with van der Waals surface area (Å²) in [6.45, 7) is 7.33. The summed E-state index contributed by atoms with van der Waals surface area (Å²) < 4.78 is 0. The zero-order chi connectivity index (χ0) is 22.3. The first-order chi connectivity index (χ1) is 15.6. The Balaban J connectivity index is 1.35. The van der Waals surface area contributed by atoms with Gasteiger partial charge in [0, 0.05) is 42.0 Å². The minimum Gasteiger partial charge on any atom is -0.353 e. The number of hydrogen-bond acceptors (Lipinski definition) is 4. The van der Waals surface area contributed by atoms with Crippen LogP contribution in [0.1, 0.15) is 79.2 Å². The molecule has 1 N–H and O–H groups in total. The van der Waals surface area contributed by atoms with E-state index in [0.29, 0.717) is 18.4 Å². The lowest BCUT2D eigenvalue weighted by Gasteiger charge is -2.32. The normalized spacial score (nSPS) is 20.2. The van der Waals surface area contributed by atoms with E-state index in [2.05, 4.69) is 40.5 Å². The molecule has 32 heavy (non-hydrogen) atoms. The number of aromatic nitrogens is 2. The van der Waals surface area contributed by atoms with Crippen molar-refractivity contribution in [1.29, 1.82) is 0 Å². The third-order valence-corrected chi connectivity index (χ3v) is 7.18. The van der Waals surface area contributed by atoms with E-state index in [1.807, 2.05) is 13.8 Å². The molecule has 2 aromatic rings. The minimum absolute atomic E-state index is 0.115. The number of amides is 1. The second-order valence-corrected chi connectivity index (χ2v) is 9.69. The van der Waals surface area contributed by atoms with E-state index in [1.54, 1.807) is 0 Å². The van der Waals surface area contributed by atoms with Gasteiger partial charge in [-0.3, -0.25) is 4.79 Å². The van der Waals surface area contributed by atoms with Crippen LogP contribution in [0.3, 0.4) is 0 Å². The number of carbonyl (C=O) groups excluding carboxylic acids is 1. The van der Waals surface area contributed by atoms with Crippen molar-refractivity contribution >= 4 is 5.91 Å². The van der Waals surface area contributed by atoms with Gasteiger partial charge in [-0.25, -0.2) is 9.97 Å². The Morgan fingerprint density at radius 1 is 1.00 bits per heavy atom. The van der Waals surface area contributed by atoms with Gasteiger partial charge in [-0.1, -0.05) is 49.6 Å². The van der Waals surface area contributed by atoms with Gasteiger partial charge in [-0.05, 0) is 58.1 Å². The van der Waals surface area contributed by atoms with Crippen LogP contribution in [0.25, 0.3) is 0 Å². The topological polar surface area (TPSA) is 58.1 Å². The highest BCUT2D eigenvalue weighted by Gasteiger charge is 2.25. The molecule has 5 nitrogen and oxygen atoms in total. The molecule has 1 aromatic carbocycles. The molecule has 0 radical (unpaired) electrons. The molecule has 1 aliphatic carbocycles. The van der Waals surface area contributed by atoms with E-state index in [9.17, 15) is 4.79 Å². The van der Waals surface area contributed by atoms with E-state index in [-0.39, 0.29) is 5.91 Å². The van der Waals surface area contributed by atoms with Gasteiger partial charge in [0.05, 0.1) is 6.42 Å². The third-order valence-electron chi connectivity index (χ3n) is 7.18. The smallest absolute Gasteiger partial charge is 0.224 e. The molecule has 1 aliphatic heterocycles. The van der Waals surface area contributed by atoms with E-state index in [4.69, 9.17) is 9.97 Å². The van der Waals surface area contributed by atoms with E-state index < -0.39 is 0 Å². The Morgan fingerprint density at radius 3 is 2.44 bits per heavy atom. The first kappa shape index (κ1) is 22.9. The number of nitrogens with zero attached hydrogens (tertiary/aromatic N) is 3. The zero-order valence-electron chi connectivity index (χ0n) is 19.8. The third kappa shape index (κ3) is 6.16. The van der Waals surface area contributed by atoms with Crippen LogP contribution in [0, 0.1) is 13.8 Å². The molecule has 0 spiro atoms. The molecular weight excluding hydrogens is 396 g/mol. The number of likely N-dealkylation sites (tertiary alicyclic amines) is 1. The van der Waals surface area contributed by atoms with Crippen LogP contribution in [0.4, 0.5) is 0 Å². The molecule has 172 valence electrons. The number of aryl methyl sites for hydroxylation is 2. The fraction of sp³-hybridized carbons (Fsp3) is 0.593. The van der Waals surface area contributed by atoms with Crippen molar-refractivity contribution in [2.75, 3.05) is 19.6 Å². The summed E-state index contributed by atoms with van der Waals surface area (Å²) in [4.78, 5) is 25.0. The van der Waals surface area contributed by atoms with Crippen LogP contribution in [0.15, 0.2) is 30.3 Å². The van der Waals surface area contributed by atoms with Gasteiger partial charge in [-0.2, -0.15) is 0 Å². The fourth-order valence-electron chi connectivity index (χ4n) is 5.29. The molecule has 1 atom stereocenters. The molecule has 1 unspecified atom stereocenters. The molecule has 2 heterocycles. The van der Waals surface area contributed by atoms with Gasteiger partial charge >= 0.3 is 0 Å². The Kier molecular flexibility index (Phi) is 7.90. The van der Waals surface area contributed by atoms with Crippen LogP contribution < -0.4 is 5.32 Å². The molecule has 1 saturated heterocycles. The predicted octanol–water partition coefficient (Wildman–Crippen LogP) is 4.51. The first-order valence-electron chi connectivity index (χ1n) is 12.5. The summed E-state index contributed by atoms with van der Waals surface area (Å²) in [6, 6.07) is 11.1. The predicted molar refractivity (Wildman–Crippen MR) is 129 cm³/mol. The average molecular weight is 435 g/mol. The standard InChI is InChI=1S/C27H38N4O/c1-20-25(18-26(32)30-24-13-7-4-8-14-24)21(2)29-27(28-20)23-12-9-16-31(19-23)17-15-22-10-5-3-6-11-22/h3,5-6,10-11,23-24H,4,7-9,12-19H2,1-2H3,(H,30,32). The number of hydrogen-bond donors (Lipinski definition) is 1. The molecule has 0 bridgehead atoms. The van der Waals surface area contributed by atoms with E-state index in [1.165, 1.54) is 31.2 Å². The Hall–Kier alpha value is -2.27. The SMILES string of the molecule is Cc1nc(C2CCCN(CCc3ccccc3)C2)nc(C)c1CC(=O)NC1CCCCC1. The van der Waals surface area contributed by atoms with Crippen molar-refractivity contribution in [2.24, 2.45) is 0 Å². The van der Waals surface area contributed by atoms with Gasteiger partial charge in [0.1, 0.15) is 5.82 Å². The van der Waals surface area contributed by atoms with Crippen LogP contribution in [0.2, 0.25) is 0 Å². The Morgan fingerprint density at radius 2 is 1.72 bits per heavy atom. The lowest BCUT2D eigenvalue weighted by molar-refractivity contribution is -0.121. The summed E-state index contributed by atoms with van der Waals surface area (Å²) >= 11 is 0. The number of piperidine rings is 1. The van der Waals surface area contributed by atoms with Crippen molar-refractivity contribution in [3.8, 4) is 0 Å². The van der Waals surface area contributed by atoms with Crippen LogP contribution >= 0.6 is 0 Å². The summed E-state index contributed by atoms with van der Waals surface area (Å²) in [5, 5.41) is 3.23. The summed E-state index contributed by atoms with van der Waals surface area (Å²) in [5.41, 5.74) is 4.33. The lowest BCUT2D eigenvalue weighted by Crippen LogP contribution is -2.37. The molecular formula is C27H38N4O. The summed E-state index contributed by atoms with van der Waals surface area (Å²) in [7, 11) is 0. The minimum atomic E-state index is 0.115. The van der Waals surface area contributed by atoms with Crippen molar-refractivity contribution < 1.29 is 4.79 Å². The van der Waals surface area contributed by atoms with Gasteiger partial charge in [0.2, 0.25) is 5.91 Å². The van der Waals surface area contributed by atoms with Crippen LogP contribution in [0.5, 0.6) is 0 Å². The number of nitrogens with one attached hydrogen (secondary N) is 1. The maximum Gasteiger partial charge on any atom is 0.224 e. The lowest BCUT2D eigenvalue weighted by atomic mass is 9.95. The fourth-order valence-corrected chi connectivity index (χ4v) is 5.29. The quantitative estimate of drug-likeness (QED) is 0.697. The molecule has 1 amide bonds. The highest BCUT2D eigenvalue weighted by Crippen LogP contribution is 2.26. The van der Waals surface area contributed by atoms with Gasteiger partial charge in [0.15, 0.2) is 0 Å². The van der Waals surface area contributed by atoms with Gasteiger partial charge in [-0.15, -0.1) is 0 Å². The maximum atomic E-state index is 12.6. The Labute approximate surface area is 193 Å². The molecule has 1 saturated carbocycles. The van der Waals surface area contributed by atoms with Crippen molar-refractivity contribution in [3.63, 3.8) is 0 Å². The van der Waals surface area contributed by atoms with Gasteiger partial charge < -0.3 is 10.2 Å². The van der Waals surface area contributed by atoms with Crippen molar-refractivity contribution in [3.05, 3.63) is 58.7 Å². The summed E-state index contributed by atoms with van der Waals surface area (Å²) in [5.74, 6) is 1.45. The largest absolute Gasteiger partial charge is 0.353 e.